The Morgan fingerprint density at radius 3 is 2.30 bits per heavy atom. The minimum atomic E-state index is 0. The summed E-state index contributed by atoms with van der Waals surface area (Å²) >= 11 is 12.3. The molecule has 3 aromatic carbocycles. The number of rotatable bonds is 7. The molecule has 0 spiro atoms. The Balaban J connectivity index is 0.00000261. The molecule has 3 rings (SSSR count). The molecule has 0 aliphatic heterocycles. The van der Waals surface area contributed by atoms with E-state index in [0.29, 0.717) is 41.3 Å². The van der Waals surface area contributed by atoms with E-state index in [4.69, 9.17) is 38.4 Å². The topological polar surface area (TPSA) is 44.5 Å². The molecular formula is C21H20Cl3NO2. The predicted octanol–water partition coefficient (Wildman–Crippen LogP) is 6.00. The van der Waals surface area contributed by atoms with Crippen molar-refractivity contribution in [3.63, 3.8) is 0 Å². The second kappa shape index (κ2) is 10.4. The van der Waals surface area contributed by atoms with E-state index < -0.39 is 0 Å². The zero-order chi connectivity index (χ0) is 18.4. The van der Waals surface area contributed by atoms with Crippen LogP contribution in [0.4, 0.5) is 0 Å². The van der Waals surface area contributed by atoms with Crippen molar-refractivity contribution in [2.45, 2.75) is 6.61 Å². The predicted molar refractivity (Wildman–Crippen MR) is 114 cm³/mol. The highest BCUT2D eigenvalue weighted by atomic mass is 35.5. The van der Waals surface area contributed by atoms with E-state index in [-0.39, 0.29) is 12.4 Å². The van der Waals surface area contributed by atoms with Crippen LogP contribution in [-0.4, -0.2) is 13.2 Å². The summed E-state index contributed by atoms with van der Waals surface area (Å²) in [5.74, 6) is 1.30. The van der Waals surface area contributed by atoms with Crippen LogP contribution in [0.5, 0.6) is 11.5 Å². The molecule has 0 atom stereocenters. The maximum atomic E-state index is 6.34. The van der Waals surface area contributed by atoms with Crippen molar-refractivity contribution in [3.8, 4) is 22.6 Å². The Labute approximate surface area is 175 Å². The van der Waals surface area contributed by atoms with Gasteiger partial charge in [0.25, 0.3) is 0 Å². The van der Waals surface area contributed by atoms with Crippen molar-refractivity contribution in [3.05, 3.63) is 82.3 Å². The summed E-state index contributed by atoms with van der Waals surface area (Å²) in [6, 6.07) is 21.1. The lowest BCUT2D eigenvalue weighted by Gasteiger charge is -2.15. The van der Waals surface area contributed by atoms with Gasteiger partial charge in [-0.1, -0.05) is 65.7 Å². The maximum Gasteiger partial charge on any atom is 0.162 e. The molecule has 0 amide bonds. The monoisotopic (exact) mass is 423 g/mol. The summed E-state index contributed by atoms with van der Waals surface area (Å²) < 4.78 is 11.7. The number of benzene rings is 3. The van der Waals surface area contributed by atoms with E-state index in [2.05, 4.69) is 0 Å². The average Bonchev–Trinajstić information content (AvgIpc) is 2.66. The fraction of sp³-hybridized carbons (Fsp3) is 0.143. The molecule has 0 aliphatic rings. The molecule has 0 bridgehead atoms. The molecule has 0 aliphatic carbocycles. The van der Waals surface area contributed by atoms with Gasteiger partial charge in [-0.2, -0.15) is 0 Å². The minimum Gasteiger partial charge on any atom is -0.488 e. The normalized spacial score (nSPS) is 10.2. The first kappa shape index (κ1) is 21.4. The smallest absolute Gasteiger partial charge is 0.162 e. The summed E-state index contributed by atoms with van der Waals surface area (Å²) in [4.78, 5) is 0. The Kier molecular flexibility index (Phi) is 8.26. The second-order valence-electron chi connectivity index (χ2n) is 5.70. The van der Waals surface area contributed by atoms with Gasteiger partial charge in [-0.05, 0) is 35.4 Å². The van der Waals surface area contributed by atoms with E-state index in [1.54, 1.807) is 6.07 Å². The zero-order valence-electron chi connectivity index (χ0n) is 14.5. The fourth-order valence-electron chi connectivity index (χ4n) is 2.54. The van der Waals surface area contributed by atoms with E-state index in [1.165, 1.54) is 0 Å². The van der Waals surface area contributed by atoms with Crippen molar-refractivity contribution < 1.29 is 9.47 Å². The van der Waals surface area contributed by atoms with Gasteiger partial charge in [0.05, 0.1) is 0 Å². The van der Waals surface area contributed by atoms with Gasteiger partial charge in [0.2, 0.25) is 0 Å². The zero-order valence-corrected chi connectivity index (χ0v) is 16.9. The van der Waals surface area contributed by atoms with E-state index in [9.17, 15) is 0 Å². The molecule has 0 unspecified atom stereocenters. The first-order valence-corrected chi connectivity index (χ1v) is 9.02. The third-order valence-electron chi connectivity index (χ3n) is 3.80. The molecule has 142 valence electrons. The third kappa shape index (κ3) is 5.78. The van der Waals surface area contributed by atoms with E-state index in [0.717, 1.165) is 16.7 Å². The largest absolute Gasteiger partial charge is 0.488 e. The highest BCUT2D eigenvalue weighted by molar-refractivity contribution is 6.36. The standard InChI is InChI=1S/C21H19Cl2NO2.ClH/c22-17-7-8-18(19(23)13-17)16-6-9-20(25-11-10-24)21(12-16)26-14-15-4-2-1-3-5-15;/h1-9,12-13H,10-11,14,24H2;1H. The van der Waals surface area contributed by atoms with Crippen LogP contribution in [0.2, 0.25) is 10.0 Å². The quantitative estimate of drug-likeness (QED) is 0.506. The van der Waals surface area contributed by atoms with Crippen LogP contribution in [0.15, 0.2) is 66.7 Å². The molecule has 3 aromatic rings. The highest BCUT2D eigenvalue weighted by Gasteiger charge is 2.11. The van der Waals surface area contributed by atoms with Gasteiger partial charge < -0.3 is 15.2 Å². The molecule has 0 saturated heterocycles. The van der Waals surface area contributed by atoms with Crippen molar-refractivity contribution in [2.24, 2.45) is 5.73 Å². The highest BCUT2D eigenvalue weighted by Crippen LogP contribution is 2.36. The molecule has 0 aromatic heterocycles. The lowest BCUT2D eigenvalue weighted by atomic mass is 10.1. The van der Waals surface area contributed by atoms with Gasteiger partial charge in [0, 0.05) is 22.2 Å². The van der Waals surface area contributed by atoms with Crippen LogP contribution in [0.25, 0.3) is 11.1 Å². The molecule has 6 heteroatoms. The molecule has 0 saturated carbocycles. The number of ether oxygens (including phenoxy) is 2. The fourth-order valence-corrected chi connectivity index (χ4v) is 3.05. The Bertz CT molecular complexity index is 873. The first-order chi connectivity index (χ1) is 12.7. The Morgan fingerprint density at radius 1 is 0.815 bits per heavy atom. The number of halogens is 3. The van der Waals surface area contributed by atoms with Gasteiger partial charge in [-0.15, -0.1) is 12.4 Å². The second-order valence-corrected chi connectivity index (χ2v) is 6.54. The maximum absolute atomic E-state index is 6.34. The van der Waals surface area contributed by atoms with Crippen molar-refractivity contribution >= 4 is 35.6 Å². The average molecular weight is 425 g/mol. The van der Waals surface area contributed by atoms with Crippen LogP contribution in [-0.2, 0) is 6.61 Å². The van der Waals surface area contributed by atoms with Crippen LogP contribution in [0.1, 0.15) is 5.56 Å². The third-order valence-corrected chi connectivity index (χ3v) is 4.35. The molecule has 2 N–H and O–H groups in total. The lowest BCUT2D eigenvalue weighted by Crippen LogP contribution is -2.11. The molecule has 0 heterocycles. The summed E-state index contributed by atoms with van der Waals surface area (Å²) in [6.45, 7) is 1.29. The molecule has 0 fully saturated rings. The number of hydrogen-bond donors (Lipinski definition) is 1. The van der Waals surface area contributed by atoms with Crippen LogP contribution < -0.4 is 15.2 Å². The van der Waals surface area contributed by atoms with Crippen LogP contribution in [0.3, 0.4) is 0 Å². The molecular weight excluding hydrogens is 405 g/mol. The number of hydrogen-bond acceptors (Lipinski definition) is 3. The van der Waals surface area contributed by atoms with Gasteiger partial charge >= 0.3 is 0 Å². The van der Waals surface area contributed by atoms with Gasteiger partial charge in [0.15, 0.2) is 11.5 Å². The minimum absolute atomic E-state index is 0. The van der Waals surface area contributed by atoms with Gasteiger partial charge in [-0.3, -0.25) is 0 Å². The number of nitrogens with two attached hydrogens (primary N) is 1. The summed E-state index contributed by atoms with van der Waals surface area (Å²) in [5, 5.41) is 1.18. The van der Waals surface area contributed by atoms with E-state index >= 15 is 0 Å². The van der Waals surface area contributed by atoms with Crippen molar-refractivity contribution in [2.75, 3.05) is 13.2 Å². The summed E-state index contributed by atoms with van der Waals surface area (Å²) in [6.07, 6.45) is 0. The summed E-state index contributed by atoms with van der Waals surface area (Å²) in [7, 11) is 0. The van der Waals surface area contributed by atoms with Crippen LogP contribution in [0, 0.1) is 0 Å². The van der Waals surface area contributed by atoms with Crippen molar-refractivity contribution in [1.82, 2.24) is 0 Å². The van der Waals surface area contributed by atoms with Crippen molar-refractivity contribution in [1.29, 1.82) is 0 Å². The molecule has 27 heavy (non-hydrogen) atoms. The Hall–Kier alpha value is -1.91. The molecule has 0 radical (unpaired) electrons. The van der Waals surface area contributed by atoms with Gasteiger partial charge in [0.1, 0.15) is 13.2 Å². The van der Waals surface area contributed by atoms with Gasteiger partial charge in [-0.25, -0.2) is 0 Å². The first-order valence-electron chi connectivity index (χ1n) is 8.26. The van der Waals surface area contributed by atoms with E-state index in [1.807, 2.05) is 60.7 Å². The summed E-state index contributed by atoms with van der Waals surface area (Å²) in [5.41, 5.74) is 8.43. The van der Waals surface area contributed by atoms with Crippen LogP contribution >= 0.6 is 35.6 Å². The lowest BCUT2D eigenvalue weighted by molar-refractivity contribution is 0.266. The SMILES string of the molecule is Cl.NCCOc1ccc(-c2ccc(Cl)cc2Cl)cc1OCc1ccccc1. The molecule has 3 nitrogen and oxygen atoms in total. The Morgan fingerprint density at radius 2 is 1.59 bits per heavy atom.